The van der Waals surface area contributed by atoms with Crippen LogP contribution in [0.4, 0.5) is 23.2 Å². The van der Waals surface area contributed by atoms with Crippen LogP contribution in [0.5, 0.6) is 5.75 Å². The van der Waals surface area contributed by atoms with E-state index >= 15 is 0 Å². The van der Waals surface area contributed by atoms with Gasteiger partial charge in [-0.15, -0.1) is 0 Å². The highest BCUT2D eigenvalue weighted by molar-refractivity contribution is 9.10. The Hall–Kier alpha value is -2.09. The Balaban J connectivity index is 2.18. The molecule has 1 N–H and O–H groups in total. The van der Waals surface area contributed by atoms with E-state index in [0.717, 1.165) is 6.07 Å². The van der Waals surface area contributed by atoms with Crippen LogP contribution in [0.2, 0.25) is 0 Å². The number of ether oxygens (including phenoxy) is 1. The number of anilines is 1. The predicted octanol–water partition coefficient (Wildman–Crippen LogP) is 4.78. The first-order valence-corrected chi connectivity index (χ1v) is 7.10. The number of carbonyl (C=O) groups is 1. The molecule has 2 aromatic rings. The number of benzene rings is 2. The molecule has 0 spiro atoms. The lowest BCUT2D eigenvalue weighted by molar-refractivity contribution is -0.153. The summed E-state index contributed by atoms with van der Waals surface area (Å²) in [5.74, 6) is -1.71. The maximum absolute atomic E-state index is 13.7. The summed E-state index contributed by atoms with van der Waals surface area (Å²) in [5.41, 5.74) is -0.220. The fraction of sp³-hybridized carbons (Fsp3) is 0.133. The Bertz CT molecular complexity index is 719. The molecule has 1 amide bonds. The van der Waals surface area contributed by atoms with Gasteiger partial charge in [-0.25, -0.2) is 4.39 Å². The fourth-order valence-corrected chi connectivity index (χ4v) is 2.05. The third kappa shape index (κ3) is 4.95. The van der Waals surface area contributed by atoms with Gasteiger partial charge in [0.25, 0.3) is 5.91 Å². The highest BCUT2D eigenvalue weighted by atomic mass is 79.9. The minimum atomic E-state index is -4.51. The first-order valence-electron chi connectivity index (χ1n) is 6.31. The first kappa shape index (κ1) is 17.3. The molecule has 2 rings (SSSR count). The third-order valence-electron chi connectivity index (χ3n) is 2.70. The zero-order valence-corrected chi connectivity index (χ0v) is 13.0. The van der Waals surface area contributed by atoms with Crippen LogP contribution in [0.25, 0.3) is 0 Å². The molecule has 8 heteroatoms. The Morgan fingerprint density at radius 2 is 1.87 bits per heavy atom. The standard InChI is InChI=1S/C15H10BrF4NO2/c16-9-5-6-10(11(17)7-9)14(22)21-12-3-1-2-4-13(12)23-8-15(18,19)20/h1-7H,8H2,(H,21,22). The van der Waals surface area contributed by atoms with Crippen molar-refractivity contribution in [3.8, 4) is 5.75 Å². The topological polar surface area (TPSA) is 38.3 Å². The van der Waals surface area contributed by atoms with Crippen molar-refractivity contribution in [1.29, 1.82) is 0 Å². The van der Waals surface area contributed by atoms with Gasteiger partial charge in [0, 0.05) is 4.47 Å². The van der Waals surface area contributed by atoms with Gasteiger partial charge in [-0.2, -0.15) is 13.2 Å². The van der Waals surface area contributed by atoms with Crippen LogP contribution < -0.4 is 10.1 Å². The van der Waals surface area contributed by atoms with Gasteiger partial charge in [0.05, 0.1) is 11.3 Å². The van der Waals surface area contributed by atoms with Crippen LogP contribution in [-0.4, -0.2) is 18.7 Å². The summed E-state index contributed by atoms with van der Waals surface area (Å²) in [6.07, 6.45) is -4.51. The van der Waals surface area contributed by atoms with Crippen LogP contribution >= 0.6 is 15.9 Å². The Labute approximate surface area is 137 Å². The molecule has 122 valence electrons. The molecule has 0 fully saturated rings. The molecule has 2 aromatic carbocycles. The summed E-state index contributed by atoms with van der Waals surface area (Å²) in [6, 6.07) is 9.45. The van der Waals surface area contributed by atoms with Crippen molar-refractivity contribution in [1.82, 2.24) is 0 Å². The number of hydrogen-bond donors (Lipinski definition) is 1. The van der Waals surface area contributed by atoms with Crippen molar-refractivity contribution >= 4 is 27.5 Å². The average Bonchev–Trinajstić information content (AvgIpc) is 2.45. The number of halogens is 5. The normalized spacial score (nSPS) is 11.2. The third-order valence-corrected chi connectivity index (χ3v) is 3.20. The number of hydrogen-bond acceptors (Lipinski definition) is 2. The lowest BCUT2D eigenvalue weighted by Gasteiger charge is -2.14. The van der Waals surface area contributed by atoms with E-state index in [9.17, 15) is 22.4 Å². The molecule has 0 bridgehead atoms. The number of para-hydroxylation sites is 2. The Morgan fingerprint density at radius 1 is 1.17 bits per heavy atom. The quantitative estimate of drug-likeness (QED) is 0.761. The fourth-order valence-electron chi connectivity index (χ4n) is 1.72. The molecule has 0 saturated heterocycles. The lowest BCUT2D eigenvalue weighted by atomic mass is 10.2. The van der Waals surface area contributed by atoms with Crippen molar-refractivity contribution in [3.05, 3.63) is 58.3 Å². The monoisotopic (exact) mass is 391 g/mol. The maximum atomic E-state index is 13.7. The van der Waals surface area contributed by atoms with Crippen LogP contribution in [0.1, 0.15) is 10.4 Å². The van der Waals surface area contributed by atoms with E-state index in [0.29, 0.717) is 4.47 Å². The van der Waals surface area contributed by atoms with E-state index in [-0.39, 0.29) is 17.0 Å². The van der Waals surface area contributed by atoms with Crippen molar-refractivity contribution in [2.75, 3.05) is 11.9 Å². The van der Waals surface area contributed by atoms with E-state index in [1.807, 2.05) is 0 Å². The summed E-state index contributed by atoms with van der Waals surface area (Å²) in [4.78, 5) is 12.1. The summed E-state index contributed by atoms with van der Waals surface area (Å²) in [7, 11) is 0. The molecule has 0 unspecified atom stereocenters. The minimum Gasteiger partial charge on any atom is -0.482 e. The van der Waals surface area contributed by atoms with Crippen LogP contribution in [0, 0.1) is 5.82 Å². The van der Waals surface area contributed by atoms with Gasteiger partial charge >= 0.3 is 6.18 Å². The van der Waals surface area contributed by atoms with Crippen molar-refractivity contribution in [2.45, 2.75) is 6.18 Å². The smallest absolute Gasteiger partial charge is 0.422 e. The zero-order valence-electron chi connectivity index (χ0n) is 11.5. The molecule has 23 heavy (non-hydrogen) atoms. The van der Waals surface area contributed by atoms with E-state index in [4.69, 9.17) is 0 Å². The highest BCUT2D eigenvalue weighted by Gasteiger charge is 2.29. The summed E-state index contributed by atoms with van der Waals surface area (Å²) >= 11 is 3.06. The van der Waals surface area contributed by atoms with Crippen molar-refractivity contribution in [3.63, 3.8) is 0 Å². The highest BCUT2D eigenvalue weighted by Crippen LogP contribution is 2.27. The number of carbonyl (C=O) groups excluding carboxylic acids is 1. The largest absolute Gasteiger partial charge is 0.482 e. The average molecular weight is 392 g/mol. The Kier molecular flexibility index (Phi) is 5.25. The summed E-state index contributed by atoms with van der Waals surface area (Å²) < 4.78 is 55.5. The van der Waals surface area contributed by atoms with E-state index < -0.39 is 24.5 Å². The molecule has 0 atom stereocenters. The van der Waals surface area contributed by atoms with Crippen molar-refractivity contribution < 1.29 is 27.1 Å². The number of nitrogens with one attached hydrogen (secondary N) is 1. The lowest BCUT2D eigenvalue weighted by Crippen LogP contribution is -2.20. The second-order valence-corrected chi connectivity index (χ2v) is 5.39. The summed E-state index contributed by atoms with van der Waals surface area (Å²) in [6.45, 7) is -1.49. The molecule has 0 aliphatic heterocycles. The van der Waals surface area contributed by atoms with Gasteiger partial charge in [0.15, 0.2) is 6.61 Å². The van der Waals surface area contributed by atoms with Gasteiger partial charge in [0.1, 0.15) is 11.6 Å². The van der Waals surface area contributed by atoms with Crippen LogP contribution in [-0.2, 0) is 0 Å². The minimum absolute atomic E-state index is 0.0177. The SMILES string of the molecule is O=C(Nc1ccccc1OCC(F)(F)F)c1ccc(Br)cc1F. The van der Waals surface area contributed by atoms with E-state index in [1.54, 1.807) is 0 Å². The number of alkyl halides is 3. The molecule has 0 heterocycles. The van der Waals surface area contributed by atoms with Gasteiger partial charge in [-0.1, -0.05) is 28.1 Å². The molecule has 0 aliphatic carbocycles. The van der Waals surface area contributed by atoms with E-state index in [1.165, 1.54) is 36.4 Å². The van der Waals surface area contributed by atoms with Crippen LogP contribution in [0.3, 0.4) is 0 Å². The molecule has 0 saturated carbocycles. The van der Waals surface area contributed by atoms with E-state index in [2.05, 4.69) is 26.0 Å². The summed E-state index contributed by atoms with van der Waals surface area (Å²) in [5, 5.41) is 2.34. The second-order valence-electron chi connectivity index (χ2n) is 4.48. The Morgan fingerprint density at radius 3 is 2.52 bits per heavy atom. The zero-order chi connectivity index (χ0) is 17.0. The maximum Gasteiger partial charge on any atom is 0.422 e. The number of amides is 1. The molecular formula is C15H10BrF4NO2. The molecule has 3 nitrogen and oxygen atoms in total. The van der Waals surface area contributed by atoms with Crippen LogP contribution in [0.15, 0.2) is 46.9 Å². The molecular weight excluding hydrogens is 382 g/mol. The van der Waals surface area contributed by atoms with Gasteiger partial charge in [0.2, 0.25) is 0 Å². The van der Waals surface area contributed by atoms with Crippen molar-refractivity contribution in [2.24, 2.45) is 0 Å². The van der Waals surface area contributed by atoms with Gasteiger partial charge < -0.3 is 10.1 Å². The van der Waals surface area contributed by atoms with Gasteiger partial charge in [-0.05, 0) is 30.3 Å². The first-order chi connectivity index (χ1) is 10.8. The molecule has 0 radical (unpaired) electrons. The molecule has 0 aliphatic rings. The molecule has 0 aromatic heterocycles. The second kappa shape index (κ2) is 6.99. The van der Waals surface area contributed by atoms with Gasteiger partial charge in [-0.3, -0.25) is 4.79 Å². The number of rotatable bonds is 4. The predicted molar refractivity (Wildman–Crippen MR) is 80.0 cm³/mol.